The van der Waals surface area contributed by atoms with Gasteiger partial charge in [0.1, 0.15) is 11.9 Å². The highest BCUT2D eigenvalue weighted by Crippen LogP contribution is 2.40. The van der Waals surface area contributed by atoms with Crippen LogP contribution in [0, 0.1) is 5.82 Å². The summed E-state index contributed by atoms with van der Waals surface area (Å²) in [6, 6.07) is 3.51. The molecule has 1 saturated heterocycles. The summed E-state index contributed by atoms with van der Waals surface area (Å²) in [5, 5.41) is 31.5. The van der Waals surface area contributed by atoms with Crippen molar-refractivity contribution in [1.29, 1.82) is 0 Å². The number of aromatic nitrogens is 1. The van der Waals surface area contributed by atoms with Crippen LogP contribution in [0.3, 0.4) is 0 Å². The van der Waals surface area contributed by atoms with Gasteiger partial charge in [-0.2, -0.15) is 13.2 Å². The Morgan fingerprint density at radius 2 is 1.84 bits per heavy atom. The highest BCUT2D eigenvalue weighted by atomic mass is 35.5. The minimum absolute atomic E-state index is 0.00940. The molecule has 1 aromatic heterocycles. The number of piperidine rings is 1. The van der Waals surface area contributed by atoms with Crippen LogP contribution in [0.4, 0.5) is 27.6 Å². The number of likely N-dealkylation sites (tertiary alicyclic amines) is 1. The van der Waals surface area contributed by atoms with Crippen molar-refractivity contribution >= 4 is 17.3 Å². The van der Waals surface area contributed by atoms with Crippen LogP contribution in [-0.2, 0) is 11.8 Å². The smallest absolute Gasteiger partial charge is 0.393 e. The van der Waals surface area contributed by atoms with Crippen LogP contribution in [0.15, 0.2) is 30.5 Å². The van der Waals surface area contributed by atoms with Gasteiger partial charge in [0.05, 0.1) is 22.9 Å². The van der Waals surface area contributed by atoms with E-state index < -0.39 is 42.3 Å². The molecule has 1 unspecified atom stereocenters. The Balaban J connectivity index is 1.64. The van der Waals surface area contributed by atoms with Crippen molar-refractivity contribution in [3.8, 4) is 0 Å². The largest absolute Gasteiger partial charge is 0.419 e. The number of hydrogen-bond donors (Lipinski definition) is 4. The fraction of sp³-hybridized carbons (Fsp3) is 0.450. The SMILES string of the molecule is OC[C@H](O)c1cnc(C2(F)CCN(C(O)Nc3ccc(C(F)(F)F)c(F)c3)CC2)c(Cl)c1. The highest BCUT2D eigenvalue weighted by Gasteiger charge is 2.41. The van der Waals surface area contributed by atoms with Crippen molar-refractivity contribution in [1.82, 2.24) is 9.88 Å². The highest BCUT2D eigenvalue weighted by molar-refractivity contribution is 6.31. The lowest BCUT2D eigenvalue weighted by atomic mass is 9.89. The van der Waals surface area contributed by atoms with Crippen LogP contribution in [-0.4, -0.2) is 51.3 Å². The number of pyridine rings is 1. The first-order valence-corrected chi connectivity index (χ1v) is 10.0. The zero-order chi connectivity index (χ0) is 23.7. The normalized spacial score (nSPS) is 18.9. The summed E-state index contributed by atoms with van der Waals surface area (Å²) in [5.74, 6) is -1.48. The zero-order valence-corrected chi connectivity index (χ0v) is 17.3. The first kappa shape index (κ1) is 24.6. The summed E-state index contributed by atoms with van der Waals surface area (Å²) in [5.41, 5.74) is -3.18. The molecule has 0 bridgehead atoms. The lowest BCUT2D eigenvalue weighted by molar-refractivity contribution is -0.139. The van der Waals surface area contributed by atoms with Crippen molar-refractivity contribution in [3.05, 3.63) is 58.1 Å². The maximum Gasteiger partial charge on any atom is 0.419 e. The molecule has 2 atom stereocenters. The van der Waals surface area contributed by atoms with Gasteiger partial charge < -0.3 is 20.6 Å². The maximum absolute atomic E-state index is 15.5. The van der Waals surface area contributed by atoms with E-state index in [1.807, 2.05) is 0 Å². The molecular formula is C20H21ClF5N3O3. The van der Waals surface area contributed by atoms with E-state index in [0.29, 0.717) is 12.1 Å². The Morgan fingerprint density at radius 3 is 2.38 bits per heavy atom. The van der Waals surface area contributed by atoms with Crippen molar-refractivity contribution in [2.24, 2.45) is 0 Å². The number of nitrogens with one attached hydrogen (secondary N) is 1. The quantitative estimate of drug-likeness (QED) is 0.373. The molecule has 1 aromatic carbocycles. The van der Waals surface area contributed by atoms with Crippen LogP contribution in [0.25, 0.3) is 0 Å². The van der Waals surface area contributed by atoms with E-state index in [4.69, 9.17) is 16.7 Å². The lowest BCUT2D eigenvalue weighted by Crippen LogP contribution is -2.48. The Morgan fingerprint density at radius 1 is 1.19 bits per heavy atom. The van der Waals surface area contributed by atoms with E-state index in [-0.39, 0.29) is 47.9 Å². The van der Waals surface area contributed by atoms with E-state index in [2.05, 4.69) is 10.3 Å². The van der Waals surface area contributed by atoms with Crippen LogP contribution >= 0.6 is 11.6 Å². The molecule has 6 nitrogen and oxygen atoms in total. The molecule has 176 valence electrons. The second-order valence-corrected chi connectivity index (χ2v) is 7.92. The lowest BCUT2D eigenvalue weighted by Gasteiger charge is -2.38. The number of hydrogen-bond acceptors (Lipinski definition) is 6. The van der Waals surface area contributed by atoms with E-state index in [0.717, 1.165) is 6.07 Å². The van der Waals surface area contributed by atoms with Gasteiger partial charge in [-0.3, -0.25) is 9.88 Å². The van der Waals surface area contributed by atoms with Gasteiger partial charge in [-0.1, -0.05) is 11.6 Å². The number of aliphatic hydroxyl groups is 3. The minimum atomic E-state index is -4.83. The molecule has 0 aliphatic carbocycles. The summed E-state index contributed by atoms with van der Waals surface area (Å²) >= 11 is 6.13. The number of aliphatic hydroxyl groups excluding tert-OH is 3. The number of nitrogens with zero attached hydrogens (tertiary/aromatic N) is 2. The molecule has 0 radical (unpaired) electrons. The Bertz CT molecular complexity index is 955. The summed E-state index contributed by atoms with van der Waals surface area (Å²) in [7, 11) is 0. The Labute approximate surface area is 185 Å². The number of halogens is 6. The first-order valence-electron chi connectivity index (χ1n) is 9.64. The molecule has 2 aromatic rings. The monoisotopic (exact) mass is 481 g/mol. The van der Waals surface area contributed by atoms with E-state index in [1.165, 1.54) is 17.2 Å². The van der Waals surface area contributed by atoms with E-state index >= 15 is 4.39 Å². The molecule has 0 amide bonds. The van der Waals surface area contributed by atoms with Crippen LogP contribution in [0.5, 0.6) is 0 Å². The fourth-order valence-corrected chi connectivity index (χ4v) is 3.85. The molecule has 1 fully saturated rings. The van der Waals surface area contributed by atoms with Gasteiger partial charge in [-0.05, 0) is 24.3 Å². The Hall–Kier alpha value is -2.05. The standard InChI is InChI=1S/C20H21ClF5N3O3/c21-14-7-11(16(31)10-30)9-27-17(14)19(23)3-5-29(6-4-19)18(32)28-12-1-2-13(15(22)8-12)20(24,25)26/h1-2,7-9,16,18,28,30-32H,3-6,10H2/t16-,18?/m0/s1. The third kappa shape index (κ3) is 5.29. The average Bonchev–Trinajstić information content (AvgIpc) is 2.72. The average molecular weight is 482 g/mol. The molecule has 1 aliphatic rings. The third-order valence-electron chi connectivity index (χ3n) is 5.35. The van der Waals surface area contributed by atoms with E-state index in [9.17, 15) is 27.8 Å². The van der Waals surface area contributed by atoms with Gasteiger partial charge in [-0.25, -0.2) is 8.78 Å². The maximum atomic E-state index is 15.5. The molecular weight excluding hydrogens is 461 g/mol. The predicted octanol–water partition coefficient (Wildman–Crippen LogP) is 3.57. The summed E-state index contributed by atoms with van der Waals surface area (Å²) in [6.07, 6.45) is -6.37. The van der Waals surface area contributed by atoms with Crippen molar-refractivity contribution in [3.63, 3.8) is 0 Å². The zero-order valence-electron chi connectivity index (χ0n) is 16.6. The number of rotatable bonds is 6. The van der Waals surface area contributed by atoms with Crippen molar-refractivity contribution < 1.29 is 37.3 Å². The summed E-state index contributed by atoms with van der Waals surface area (Å²) in [6.45, 7) is -0.444. The number of benzene rings is 1. The number of alkyl halides is 4. The molecule has 1 aliphatic heterocycles. The van der Waals surface area contributed by atoms with Gasteiger partial charge >= 0.3 is 6.18 Å². The second kappa shape index (κ2) is 9.44. The molecule has 32 heavy (non-hydrogen) atoms. The summed E-state index contributed by atoms with van der Waals surface area (Å²) < 4.78 is 67.2. The van der Waals surface area contributed by atoms with Gasteiger partial charge in [0.15, 0.2) is 12.0 Å². The molecule has 4 N–H and O–H groups in total. The molecule has 3 rings (SSSR count). The van der Waals surface area contributed by atoms with Gasteiger partial charge in [0.25, 0.3) is 0 Å². The third-order valence-corrected chi connectivity index (χ3v) is 5.64. The van der Waals surface area contributed by atoms with Gasteiger partial charge in [0, 0.05) is 43.4 Å². The minimum Gasteiger partial charge on any atom is -0.393 e. The fourth-order valence-electron chi connectivity index (χ4n) is 3.51. The van der Waals surface area contributed by atoms with Crippen molar-refractivity contribution in [2.75, 3.05) is 25.0 Å². The molecule has 0 spiro atoms. The van der Waals surface area contributed by atoms with Gasteiger partial charge in [0.2, 0.25) is 0 Å². The summed E-state index contributed by atoms with van der Waals surface area (Å²) in [4.78, 5) is 5.45. The number of anilines is 1. The van der Waals surface area contributed by atoms with Crippen LogP contribution < -0.4 is 5.32 Å². The molecule has 12 heteroatoms. The molecule has 0 saturated carbocycles. The topological polar surface area (TPSA) is 88.9 Å². The predicted molar refractivity (Wildman–Crippen MR) is 106 cm³/mol. The van der Waals surface area contributed by atoms with Crippen molar-refractivity contribution in [2.45, 2.75) is 37.1 Å². The van der Waals surface area contributed by atoms with E-state index in [1.54, 1.807) is 0 Å². The van der Waals surface area contributed by atoms with Crippen LogP contribution in [0.2, 0.25) is 5.02 Å². The first-order chi connectivity index (χ1) is 14.9. The molecule has 2 heterocycles. The second-order valence-electron chi connectivity index (χ2n) is 7.51. The van der Waals surface area contributed by atoms with Gasteiger partial charge in [-0.15, -0.1) is 0 Å². The van der Waals surface area contributed by atoms with Crippen LogP contribution in [0.1, 0.15) is 35.8 Å². The Kier molecular flexibility index (Phi) is 7.25.